The third-order valence-corrected chi connectivity index (χ3v) is 3.44. The molecule has 1 atom stereocenters. The van der Waals surface area contributed by atoms with Crippen LogP contribution in [0.1, 0.15) is 24.1 Å². The molecule has 0 saturated heterocycles. The highest BCUT2D eigenvalue weighted by molar-refractivity contribution is 6.30. The number of nitrogens with zero attached hydrogens (tertiary/aromatic N) is 1. The number of nitrogens with one attached hydrogen (secondary N) is 1. The second-order valence-corrected chi connectivity index (χ2v) is 4.97. The average Bonchev–Trinajstić information content (AvgIpc) is 2.50. The van der Waals surface area contributed by atoms with Gasteiger partial charge < -0.3 is 10.1 Å². The van der Waals surface area contributed by atoms with Crippen molar-refractivity contribution in [2.75, 3.05) is 12.4 Å². The van der Waals surface area contributed by atoms with Crippen LogP contribution in [0.3, 0.4) is 0 Å². The van der Waals surface area contributed by atoms with Crippen molar-refractivity contribution >= 4 is 17.3 Å². The van der Waals surface area contributed by atoms with E-state index in [-0.39, 0.29) is 11.1 Å². The molecule has 21 heavy (non-hydrogen) atoms. The molecule has 0 aromatic heterocycles. The van der Waals surface area contributed by atoms with Crippen LogP contribution in [0.15, 0.2) is 36.4 Å². The molecule has 1 unspecified atom stereocenters. The number of nitriles is 1. The number of rotatable bonds is 4. The van der Waals surface area contributed by atoms with E-state index >= 15 is 0 Å². The van der Waals surface area contributed by atoms with Crippen molar-refractivity contribution in [2.45, 2.75) is 13.0 Å². The Morgan fingerprint density at radius 2 is 2.05 bits per heavy atom. The topological polar surface area (TPSA) is 45.0 Å². The predicted octanol–water partition coefficient (Wildman–Crippen LogP) is 4.53. The summed E-state index contributed by atoms with van der Waals surface area (Å²) in [5, 5.41) is 12.2. The Kier molecular flexibility index (Phi) is 4.66. The van der Waals surface area contributed by atoms with Gasteiger partial charge in [-0.2, -0.15) is 5.26 Å². The van der Waals surface area contributed by atoms with Crippen molar-refractivity contribution in [1.29, 1.82) is 5.26 Å². The van der Waals surface area contributed by atoms with Gasteiger partial charge in [0.05, 0.1) is 29.5 Å². The molecule has 2 aromatic carbocycles. The molecule has 0 aliphatic heterocycles. The first-order valence-corrected chi connectivity index (χ1v) is 6.72. The van der Waals surface area contributed by atoms with Crippen molar-refractivity contribution in [3.05, 3.63) is 58.4 Å². The number of halogens is 2. The van der Waals surface area contributed by atoms with Crippen LogP contribution in [-0.2, 0) is 0 Å². The van der Waals surface area contributed by atoms with Crippen LogP contribution in [0.25, 0.3) is 0 Å². The van der Waals surface area contributed by atoms with E-state index in [1.165, 1.54) is 6.07 Å². The molecule has 2 rings (SSSR count). The fourth-order valence-corrected chi connectivity index (χ4v) is 2.17. The first kappa shape index (κ1) is 15.1. The van der Waals surface area contributed by atoms with Crippen LogP contribution >= 0.6 is 11.6 Å². The number of ether oxygens (including phenoxy) is 1. The van der Waals surface area contributed by atoms with Crippen LogP contribution in [0, 0.1) is 17.1 Å². The Balaban J connectivity index is 2.25. The minimum Gasteiger partial charge on any atom is -0.495 e. The third-order valence-electron chi connectivity index (χ3n) is 3.15. The van der Waals surface area contributed by atoms with Crippen LogP contribution in [0.2, 0.25) is 5.02 Å². The van der Waals surface area contributed by atoms with E-state index in [1.807, 2.05) is 6.92 Å². The molecule has 0 spiro atoms. The van der Waals surface area contributed by atoms with Gasteiger partial charge in [-0.15, -0.1) is 0 Å². The average molecular weight is 305 g/mol. The van der Waals surface area contributed by atoms with Gasteiger partial charge in [0, 0.05) is 12.1 Å². The van der Waals surface area contributed by atoms with Crippen molar-refractivity contribution in [2.24, 2.45) is 0 Å². The quantitative estimate of drug-likeness (QED) is 0.902. The van der Waals surface area contributed by atoms with E-state index in [9.17, 15) is 4.39 Å². The summed E-state index contributed by atoms with van der Waals surface area (Å²) in [6, 6.07) is 11.7. The van der Waals surface area contributed by atoms with Gasteiger partial charge in [-0.1, -0.05) is 17.7 Å². The molecule has 0 saturated carbocycles. The lowest BCUT2D eigenvalue weighted by molar-refractivity contribution is 0.416. The van der Waals surface area contributed by atoms with Crippen molar-refractivity contribution < 1.29 is 9.13 Å². The van der Waals surface area contributed by atoms with E-state index in [4.69, 9.17) is 21.6 Å². The van der Waals surface area contributed by atoms with Gasteiger partial charge in [-0.05, 0) is 36.8 Å². The van der Waals surface area contributed by atoms with E-state index < -0.39 is 5.82 Å². The van der Waals surface area contributed by atoms with E-state index in [2.05, 4.69) is 11.4 Å². The van der Waals surface area contributed by atoms with Crippen molar-refractivity contribution in [3.63, 3.8) is 0 Å². The van der Waals surface area contributed by atoms with Crippen LogP contribution < -0.4 is 10.1 Å². The molecule has 0 bridgehead atoms. The summed E-state index contributed by atoms with van der Waals surface area (Å²) in [7, 11) is 1.54. The predicted molar refractivity (Wildman–Crippen MR) is 81.2 cm³/mol. The molecule has 0 aliphatic rings. The lowest BCUT2D eigenvalue weighted by Crippen LogP contribution is -2.08. The number of anilines is 1. The Morgan fingerprint density at radius 1 is 1.29 bits per heavy atom. The lowest BCUT2D eigenvalue weighted by atomic mass is 10.1. The summed E-state index contributed by atoms with van der Waals surface area (Å²) >= 11 is 5.80. The highest BCUT2D eigenvalue weighted by Gasteiger charge is 2.11. The normalized spacial score (nSPS) is 11.6. The van der Waals surface area contributed by atoms with Gasteiger partial charge in [-0.3, -0.25) is 0 Å². The number of hydrogen-bond acceptors (Lipinski definition) is 3. The maximum Gasteiger partial charge on any atom is 0.143 e. The molecule has 108 valence electrons. The van der Waals surface area contributed by atoms with E-state index in [0.29, 0.717) is 11.3 Å². The Labute approximate surface area is 127 Å². The van der Waals surface area contributed by atoms with E-state index in [0.717, 1.165) is 11.3 Å². The van der Waals surface area contributed by atoms with Gasteiger partial charge in [0.25, 0.3) is 0 Å². The summed E-state index contributed by atoms with van der Waals surface area (Å²) in [5.74, 6) is 0.137. The minimum atomic E-state index is -0.441. The highest BCUT2D eigenvalue weighted by atomic mass is 35.5. The molecule has 2 aromatic rings. The van der Waals surface area contributed by atoms with Gasteiger partial charge in [-0.25, -0.2) is 4.39 Å². The van der Waals surface area contributed by atoms with Gasteiger partial charge in [0.1, 0.15) is 11.6 Å². The highest BCUT2D eigenvalue weighted by Crippen LogP contribution is 2.30. The van der Waals surface area contributed by atoms with Crippen molar-refractivity contribution in [3.8, 4) is 11.8 Å². The molecule has 3 nitrogen and oxygen atoms in total. The zero-order chi connectivity index (χ0) is 15.4. The number of methoxy groups -OCH3 is 1. The molecule has 0 heterocycles. The third kappa shape index (κ3) is 3.45. The zero-order valence-corrected chi connectivity index (χ0v) is 12.4. The van der Waals surface area contributed by atoms with Crippen LogP contribution in [0.5, 0.6) is 5.75 Å². The second kappa shape index (κ2) is 6.47. The Bertz CT molecular complexity index is 697. The molecule has 0 fully saturated rings. The van der Waals surface area contributed by atoms with Gasteiger partial charge in [0.2, 0.25) is 0 Å². The molecular weight excluding hydrogens is 291 g/mol. The Hall–Kier alpha value is -2.25. The SMILES string of the molecule is COc1cc(C#N)ccc1NC(C)c1ccc(F)c(Cl)c1. The molecule has 1 N–H and O–H groups in total. The largest absolute Gasteiger partial charge is 0.495 e. The number of hydrogen-bond donors (Lipinski definition) is 1. The second-order valence-electron chi connectivity index (χ2n) is 4.57. The van der Waals surface area contributed by atoms with E-state index in [1.54, 1.807) is 37.4 Å². The van der Waals surface area contributed by atoms with Gasteiger partial charge in [0.15, 0.2) is 0 Å². The molecule has 5 heteroatoms. The fourth-order valence-electron chi connectivity index (χ4n) is 1.98. The maximum absolute atomic E-state index is 13.2. The summed E-state index contributed by atoms with van der Waals surface area (Å²) in [6.07, 6.45) is 0. The molecular formula is C16H14ClFN2O. The monoisotopic (exact) mass is 304 g/mol. The summed E-state index contributed by atoms with van der Waals surface area (Å²) in [5.41, 5.74) is 2.13. The lowest BCUT2D eigenvalue weighted by Gasteiger charge is -2.18. The first-order valence-electron chi connectivity index (χ1n) is 6.34. The van der Waals surface area contributed by atoms with Crippen LogP contribution in [-0.4, -0.2) is 7.11 Å². The van der Waals surface area contributed by atoms with Crippen molar-refractivity contribution in [1.82, 2.24) is 0 Å². The molecule has 0 aliphatic carbocycles. The van der Waals surface area contributed by atoms with Gasteiger partial charge >= 0.3 is 0 Å². The summed E-state index contributed by atoms with van der Waals surface area (Å²) in [6.45, 7) is 1.93. The van der Waals surface area contributed by atoms with Crippen LogP contribution in [0.4, 0.5) is 10.1 Å². The minimum absolute atomic E-state index is 0.0907. The zero-order valence-electron chi connectivity index (χ0n) is 11.7. The standard InChI is InChI=1S/C16H14ClFN2O/c1-10(12-4-5-14(18)13(17)8-12)20-15-6-3-11(9-19)7-16(15)21-2/h3-8,10,20H,1-2H3. The number of benzene rings is 2. The maximum atomic E-state index is 13.2. The summed E-state index contributed by atoms with van der Waals surface area (Å²) < 4.78 is 18.5. The summed E-state index contributed by atoms with van der Waals surface area (Å²) in [4.78, 5) is 0. The Morgan fingerprint density at radius 3 is 2.67 bits per heavy atom. The first-order chi connectivity index (χ1) is 10.0. The smallest absolute Gasteiger partial charge is 0.143 e. The molecule has 0 radical (unpaired) electrons. The molecule has 0 amide bonds. The fraction of sp³-hybridized carbons (Fsp3) is 0.188.